The SMILES string of the molecule is Cc1cc(C)c(NS(=O)(=O)c2ccc(NC(=O)c3ccccc3C(=O)[O-])cc2)c(C)c1. The standard InChI is InChI=1S/C23H22N2O5S/c1-14-12-15(2)21(16(3)13-14)25-31(29,30)18-10-8-17(9-11-18)24-22(26)19-6-4-5-7-20(19)23(27)28/h4-13,25H,1-3H3,(H,24,26)(H,27,28)/p-1. The van der Waals surface area contributed by atoms with Gasteiger partial charge < -0.3 is 15.2 Å². The zero-order valence-electron chi connectivity index (χ0n) is 17.2. The van der Waals surface area contributed by atoms with Gasteiger partial charge in [0.25, 0.3) is 15.9 Å². The van der Waals surface area contributed by atoms with Crippen molar-refractivity contribution in [3.63, 3.8) is 0 Å². The lowest BCUT2D eigenvalue weighted by Gasteiger charge is -2.15. The van der Waals surface area contributed by atoms with Crippen LogP contribution in [0.4, 0.5) is 11.4 Å². The summed E-state index contributed by atoms with van der Waals surface area (Å²) in [4.78, 5) is 23.6. The van der Waals surface area contributed by atoms with Crippen molar-refractivity contribution in [2.24, 2.45) is 0 Å². The molecule has 0 saturated carbocycles. The van der Waals surface area contributed by atoms with E-state index >= 15 is 0 Å². The molecule has 3 aromatic rings. The number of rotatable bonds is 6. The van der Waals surface area contributed by atoms with Crippen LogP contribution in [0, 0.1) is 20.8 Å². The second-order valence-corrected chi connectivity index (χ2v) is 8.87. The number of aryl methyl sites for hydroxylation is 3. The first kappa shape index (κ1) is 22.0. The summed E-state index contributed by atoms with van der Waals surface area (Å²) in [6, 6.07) is 15.1. The van der Waals surface area contributed by atoms with Crippen LogP contribution in [-0.2, 0) is 10.0 Å². The van der Waals surface area contributed by atoms with Gasteiger partial charge in [-0.05, 0) is 62.2 Å². The molecule has 3 rings (SSSR count). The van der Waals surface area contributed by atoms with E-state index in [1.165, 1.54) is 48.5 Å². The summed E-state index contributed by atoms with van der Waals surface area (Å²) in [5.41, 5.74) is 3.24. The third kappa shape index (κ3) is 4.92. The fraction of sp³-hybridized carbons (Fsp3) is 0.130. The molecule has 0 aromatic heterocycles. The maximum absolute atomic E-state index is 12.8. The monoisotopic (exact) mass is 437 g/mol. The van der Waals surface area contributed by atoms with Gasteiger partial charge in [0.2, 0.25) is 0 Å². The second kappa shape index (κ2) is 8.61. The summed E-state index contributed by atoms with van der Waals surface area (Å²) < 4.78 is 28.2. The number of carbonyl (C=O) groups is 2. The predicted molar refractivity (Wildman–Crippen MR) is 117 cm³/mol. The Labute approximate surface area is 180 Å². The van der Waals surface area contributed by atoms with Gasteiger partial charge in [0.15, 0.2) is 0 Å². The van der Waals surface area contributed by atoms with Crippen molar-refractivity contribution in [2.75, 3.05) is 10.0 Å². The Morgan fingerprint density at radius 1 is 0.839 bits per heavy atom. The topological polar surface area (TPSA) is 115 Å². The van der Waals surface area contributed by atoms with Gasteiger partial charge in [-0.1, -0.05) is 35.9 Å². The van der Waals surface area contributed by atoms with Crippen molar-refractivity contribution in [1.82, 2.24) is 0 Å². The van der Waals surface area contributed by atoms with E-state index in [4.69, 9.17) is 0 Å². The van der Waals surface area contributed by atoms with Gasteiger partial charge in [-0.3, -0.25) is 9.52 Å². The van der Waals surface area contributed by atoms with Gasteiger partial charge in [0.1, 0.15) is 0 Å². The van der Waals surface area contributed by atoms with E-state index < -0.39 is 21.9 Å². The molecule has 1 amide bonds. The van der Waals surface area contributed by atoms with Crippen LogP contribution >= 0.6 is 0 Å². The van der Waals surface area contributed by atoms with Crippen molar-refractivity contribution in [3.8, 4) is 0 Å². The number of hydrogen-bond acceptors (Lipinski definition) is 5. The van der Waals surface area contributed by atoms with Crippen molar-refractivity contribution in [1.29, 1.82) is 0 Å². The molecule has 0 aliphatic heterocycles. The zero-order valence-corrected chi connectivity index (χ0v) is 18.0. The molecule has 0 bridgehead atoms. The van der Waals surface area contributed by atoms with Crippen molar-refractivity contribution in [2.45, 2.75) is 25.7 Å². The Hall–Kier alpha value is -3.65. The molecular formula is C23H21N2O5S-. The van der Waals surface area contributed by atoms with Crippen LogP contribution in [0.3, 0.4) is 0 Å². The number of carbonyl (C=O) groups excluding carboxylic acids is 2. The van der Waals surface area contributed by atoms with E-state index in [0.29, 0.717) is 11.4 Å². The Morgan fingerprint density at radius 3 is 1.94 bits per heavy atom. The highest BCUT2D eigenvalue weighted by Crippen LogP contribution is 2.25. The summed E-state index contributed by atoms with van der Waals surface area (Å²) in [6.07, 6.45) is 0. The zero-order chi connectivity index (χ0) is 22.8. The third-order valence-electron chi connectivity index (χ3n) is 4.73. The third-order valence-corrected chi connectivity index (χ3v) is 6.09. The van der Waals surface area contributed by atoms with E-state index in [-0.39, 0.29) is 16.0 Å². The maximum Gasteiger partial charge on any atom is 0.261 e. The fourth-order valence-corrected chi connectivity index (χ4v) is 4.51. The van der Waals surface area contributed by atoms with Crippen LogP contribution in [-0.4, -0.2) is 20.3 Å². The van der Waals surface area contributed by atoms with Gasteiger partial charge in [-0.15, -0.1) is 0 Å². The number of carboxylic acid groups (broad SMARTS) is 1. The first-order chi connectivity index (χ1) is 14.6. The average molecular weight is 437 g/mol. The van der Waals surface area contributed by atoms with Gasteiger partial charge in [-0.25, -0.2) is 8.42 Å². The molecule has 0 unspecified atom stereocenters. The highest BCUT2D eigenvalue weighted by Gasteiger charge is 2.18. The molecule has 0 fully saturated rings. The molecule has 7 nitrogen and oxygen atoms in total. The lowest BCUT2D eigenvalue weighted by atomic mass is 10.1. The van der Waals surface area contributed by atoms with Crippen molar-refractivity contribution < 1.29 is 23.1 Å². The van der Waals surface area contributed by atoms with Crippen molar-refractivity contribution in [3.05, 3.63) is 88.5 Å². The van der Waals surface area contributed by atoms with E-state index in [0.717, 1.165) is 16.7 Å². The van der Waals surface area contributed by atoms with Crippen LogP contribution in [0.1, 0.15) is 37.4 Å². The smallest absolute Gasteiger partial charge is 0.261 e. The van der Waals surface area contributed by atoms with Gasteiger partial charge in [-0.2, -0.15) is 0 Å². The molecule has 0 atom stereocenters. The Balaban J connectivity index is 1.80. The highest BCUT2D eigenvalue weighted by molar-refractivity contribution is 7.92. The maximum atomic E-state index is 12.8. The first-order valence-corrected chi connectivity index (χ1v) is 10.9. The second-order valence-electron chi connectivity index (χ2n) is 7.19. The lowest BCUT2D eigenvalue weighted by Crippen LogP contribution is -2.26. The fourth-order valence-electron chi connectivity index (χ4n) is 3.31. The van der Waals surface area contributed by atoms with Gasteiger partial charge >= 0.3 is 0 Å². The Morgan fingerprint density at radius 2 is 1.39 bits per heavy atom. The van der Waals surface area contributed by atoms with Crippen LogP contribution in [0.25, 0.3) is 0 Å². The predicted octanol–water partition coefficient (Wildman–Crippen LogP) is 3.03. The van der Waals surface area contributed by atoms with Crippen LogP contribution in [0.2, 0.25) is 0 Å². The normalized spacial score (nSPS) is 11.1. The number of hydrogen-bond donors (Lipinski definition) is 2. The molecule has 0 heterocycles. The average Bonchev–Trinajstić information content (AvgIpc) is 2.71. The minimum Gasteiger partial charge on any atom is -0.545 e. The van der Waals surface area contributed by atoms with E-state index in [9.17, 15) is 23.1 Å². The quantitative estimate of drug-likeness (QED) is 0.615. The Bertz CT molecular complexity index is 1240. The van der Waals surface area contributed by atoms with Crippen LogP contribution in [0.5, 0.6) is 0 Å². The molecule has 0 spiro atoms. The van der Waals surface area contributed by atoms with E-state index in [1.807, 2.05) is 32.9 Å². The van der Waals surface area contributed by atoms with Crippen LogP contribution < -0.4 is 15.1 Å². The summed E-state index contributed by atoms with van der Waals surface area (Å²) in [6.45, 7) is 5.61. The highest BCUT2D eigenvalue weighted by atomic mass is 32.2. The number of nitrogens with one attached hydrogen (secondary N) is 2. The van der Waals surface area contributed by atoms with Gasteiger partial charge in [0.05, 0.1) is 16.6 Å². The molecule has 160 valence electrons. The molecule has 0 aliphatic carbocycles. The molecule has 0 saturated heterocycles. The lowest BCUT2D eigenvalue weighted by molar-refractivity contribution is -0.255. The number of aromatic carboxylic acids is 1. The van der Waals surface area contributed by atoms with Gasteiger partial charge in [0, 0.05) is 16.8 Å². The van der Waals surface area contributed by atoms with Crippen molar-refractivity contribution >= 4 is 33.3 Å². The minimum absolute atomic E-state index is 0.0278. The number of amides is 1. The summed E-state index contributed by atoms with van der Waals surface area (Å²) >= 11 is 0. The summed E-state index contributed by atoms with van der Waals surface area (Å²) in [7, 11) is -3.84. The molecule has 0 radical (unpaired) electrons. The Kier molecular flexibility index (Phi) is 6.12. The number of sulfonamides is 1. The molecule has 8 heteroatoms. The molecular weight excluding hydrogens is 416 g/mol. The minimum atomic E-state index is -3.84. The number of benzene rings is 3. The van der Waals surface area contributed by atoms with E-state index in [2.05, 4.69) is 10.0 Å². The number of anilines is 2. The molecule has 0 aliphatic rings. The van der Waals surface area contributed by atoms with E-state index in [1.54, 1.807) is 0 Å². The molecule has 2 N–H and O–H groups in total. The summed E-state index contributed by atoms with van der Waals surface area (Å²) in [5, 5.41) is 13.7. The number of carboxylic acids is 1. The molecule has 31 heavy (non-hydrogen) atoms. The van der Waals surface area contributed by atoms with Crippen LogP contribution in [0.15, 0.2) is 65.6 Å². The first-order valence-electron chi connectivity index (χ1n) is 9.41. The molecule has 3 aromatic carbocycles. The largest absolute Gasteiger partial charge is 0.545 e. The summed E-state index contributed by atoms with van der Waals surface area (Å²) in [5.74, 6) is -2.10.